The van der Waals surface area contributed by atoms with E-state index in [0.29, 0.717) is 5.92 Å². The molecule has 66 valence electrons. The molecule has 0 fully saturated rings. The Balaban J connectivity index is 2.84. The lowest BCUT2D eigenvalue weighted by Crippen LogP contribution is -2.26. The molecule has 0 saturated heterocycles. The van der Waals surface area contributed by atoms with Crippen LogP contribution in [-0.2, 0) is 0 Å². The molecule has 0 aromatic carbocycles. The Morgan fingerprint density at radius 2 is 2.33 bits per heavy atom. The minimum atomic E-state index is 0.248. The summed E-state index contributed by atoms with van der Waals surface area (Å²) in [7, 11) is 0. The van der Waals surface area contributed by atoms with E-state index in [9.17, 15) is 0 Å². The van der Waals surface area contributed by atoms with Crippen molar-refractivity contribution in [2.45, 2.75) is 40.0 Å². The van der Waals surface area contributed by atoms with Gasteiger partial charge in [0, 0.05) is 5.41 Å². The van der Waals surface area contributed by atoms with Crippen molar-refractivity contribution in [1.82, 2.24) is 0 Å². The molecule has 0 N–H and O–H groups in total. The van der Waals surface area contributed by atoms with Crippen LogP contribution in [0.2, 0.25) is 0 Å². The highest BCUT2D eigenvalue weighted by atomic mass is 14.3. The Bertz CT molecular complexity index is 226. The Labute approximate surface area is 76.1 Å². The minimum Gasteiger partial charge on any atom is -0.106 e. The second-order valence-corrected chi connectivity index (χ2v) is 3.77. The van der Waals surface area contributed by atoms with Crippen LogP contribution in [0.3, 0.4) is 0 Å². The van der Waals surface area contributed by atoms with Gasteiger partial charge < -0.3 is 0 Å². The Morgan fingerprint density at radius 3 is 2.92 bits per heavy atom. The molecule has 0 aromatic heterocycles. The zero-order chi connectivity index (χ0) is 9.03. The van der Waals surface area contributed by atoms with E-state index >= 15 is 0 Å². The summed E-state index contributed by atoms with van der Waals surface area (Å²) in [4.78, 5) is 0. The minimum absolute atomic E-state index is 0.248. The lowest BCUT2D eigenvalue weighted by Gasteiger charge is -2.33. The van der Waals surface area contributed by atoms with Crippen molar-refractivity contribution in [3.8, 4) is 11.8 Å². The van der Waals surface area contributed by atoms with Gasteiger partial charge in [-0.2, -0.15) is 0 Å². The maximum absolute atomic E-state index is 3.36. The maximum atomic E-state index is 3.36. The molecule has 0 aromatic rings. The molecule has 0 heterocycles. The molecular formula is C12H18. The van der Waals surface area contributed by atoms with Gasteiger partial charge in [-0.25, -0.2) is 0 Å². The monoisotopic (exact) mass is 162 g/mol. The van der Waals surface area contributed by atoms with Gasteiger partial charge in [-0.3, -0.25) is 0 Å². The second kappa shape index (κ2) is 3.81. The molecule has 12 heavy (non-hydrogen) atoms. The average molecular weight is 162 g/mol. The van der Waals surface area contributed by atoms with Crippen molar-refractivity contribution < 1.29 is 0 Å². The van der Waals surface area contributed by atoms with E-state index in [-0.39, 0.29) is 5.41 Å². The normalized spacial score (nSPS) is 34.1. The molecule has 2 atom stereocenters. The molecule has 1 rings (SSSR count). The van der Waals surface area contributed by atoms with Crippen molar-refractivity contribution in [1.29, 1.82) is 0 Å². The SMILES string of the molecule is CC#C[C@]1(C)CCC=C[C@@H]1CC. The van der Waals surface area contributed by atoms with E-state index in [1.54, 1.807) is 0 Å². The van der Waals surface area contributed by atoms with Gasteiger partial charge >= 0.3 is 0 Å². The lowest BCUT2D eigenvalue weighted by atomic mass is 9.70. The summed E-state index contributed by atoms with van der Waals surface area (Å²) < 4.78 is 0. The van der Waals surface area contributed by atoms with Crippen LogP contribution in [0.25, 0.3) is 0 Å². The number of allylic oxidation sites excluding steroid dienone is 2. The van der Waals surface area contributed by atoms with Crippen LogP contribution in [0.15, 0.2) is 12.2 Å². The summed E-state index contributed by atoms with van der Waals surface area (Å²) >= 11 is 0. The number of hydrogen-bond donors (Lipinski definition) is 0. The fourth-order valence-electron chi connectivity index (χ4n) is 2.07. The summed E-state index contributed by atoms with van der Waals surface area (Å²) in [6.07, 6.45) is 8.27. The van der Waals surface area contributed by atoms with E-state index in [1.165, 1.54) is 19.3 Å². The van der Waals surface area contributed by atoms with E-state index in [4.69, 9.17) is 0 Å². The van der Waals surface area contributed by atoms with Crippen LogP contribution < -0.4 is 0 Å². The molecule has 0 aliphatic heterocycles. The van der Waals surface area contributed by atoms with Crippen LogP contribution in [0, 0.1) is 23.2 Å². The highest BCUT2D eigenvalue weighted by molar-refractivity contribution is 5.17. The predicted octanol–water partition coefficient (Wildman–Crippen LogP) is 3.39. The van der Waals surface area contributed by atoms with Crippen molar-refractivity contribution >= 4 is 0 Å². The highest BCUT2D eigenvalue weighted by Gasteiger charge is 2.30. The first kappa shape index (κ1) is 9.39. The van der Waals surface area contributed by atoms with Crippen molar-refractivity contribution in [2.75, 3.05) is 0 Å². The van der Waals surface area contributed by atoms with Crippen LogP contribution in [-0.4, -0.2) is 0 Å². The number of hydrogen-bond acceptors (Lipinski definition) is 0. The van der Waals surface area contributed by atoms with Gasteiger partial charge in [0.25, 0.3) is 0 Å². The van der Waals surface area contributed by atoms with Gasteiger partial charge in [0.2, 0.25) is 0 Å². The van der Waals surface area contributed by atoms with Gasteiger partial charge in [-0.15, -0.1) is 5.92 Å². The number of rotatable bonds is 1. The van der Waals surface area contributed by atoms with Gasteiger partial charge in [0.15, 0.2) is 0 Å². The van der Waals surface area contributed by atoms with Crippen LogP contribution in [0.4, 0.5) is 0 Å². The van der Waals surface area contributed by atoms with Crippen molar-refractivity contribution in [3.05, 3.63) is 12.2 Å². The van der Waals surface area contributed by atoms with Crippen molar-refractivity contribution in [3.63, 3.8) is 0 Å². The first-order chi connectivity index (χ1) is 5.73. The van der Waals surface area contributed by atoms with Crippen molar-refractivity contribution in [2.24, 2.45) is 11.3 Å². The fraction of sp³-hybridized carbons (Fsp3) is 0.667. The molecule has 0 spiro atoms. The van der Waals surface area contributed by atoms with Crippen LogP contribution >= 0.6 is 0 Å². The second-order valence-electron chi connectivity index (χ2n) is 3.77. The maximum Gasteiger partial charge on any atom is 0.0351 e. The molecule has 0 nitrogen and oxygen atoms in total. The molecule has 0 saturated carbocycles. The third-order valence-electron chi connectivity index (χ3n) is 2.87. The molecule has 1 aliphatic rings. The van der Waals surface area contributed by atoms with E-state index in [2.05, 4.69) is 37.8 Å². The Morgan fingerprint density at radius 1 is 1.58 bits per heavy atom. The Hall–Kier alpha value is -0.700. The molecule has 0 unspecified atom stereocenters. The largest absolute Gasteiger partial charge is 0.106 e. The summed E-state index contributed by atoms with van der Waals surface area (Å²) in [5, 5.41) is 0. The van der Waals surface area contributed by atoms with E-state index in [1.807, 2.05) is 6.92 Å². The molecular weight excluding hydrogens is 144 g/mol. The first-order valence-electron chi connectivity index (χ1n) is 4.83. The topological polar surface area (TPSA) is 0 Å². The summed E-state index contributed by atoms with van der Waals surface area (Å²) in [5.41, 5.74) is 0.248. The van der Waals surface area contributed by atoms with E-state index < -0.39 is 0 Å². The average Bonchev–Trinajstić information content (AvgIpc) is 2.05. The van der Waals surface area contributed by atoms with Crippen LogP contribution in [0.5, 0.6) is 0 Å². The smallest absolute Gasteiger partial charge is 0.0351 e. The zero-order valence-electron chi connectivity index (χ0n) is 8.35. The Kier molecular flexibility index (Phi) is 2.98. The van der Waals surface area contributed by atoms with Gasteiger partial charge in [0.1, 0.15) is 0 Å². The van der Waals surface area contributed by atoms with E-state index in [0.717, 1.165) is 0 Å². The first-order valence-corrected chi connectivity index (χ1v) is 4.83. The quantitative estimate of drug-likeness (QED) is 0.409. The molecule has 0 bridgehead atoms. The third-order valence-corrected chi connectivity index (χ3v) is 2.87. The van der Waals surface area contributed by atoms with Gasteiger partial charge in [0.05, 0.1) is 0 Å². The summed E-state index contributed by atoms with van der Waals surface area (Å²) in [5.74, 6) is 7.08. The summed E-state index contributed by atoms with van der Waals surface area (Å²) in [6, 6.07) is 0. The lowest BCUT2D eigenvalue weighted by molar-refractivity contribution is 0.281. The molecule has 1 aliphatic carbocycles. The highest BCUT2D eigenvalue weighted by Crippen LogP contribution is 2.38. The zero-order valence-corrected chi connectivity index (χ0v) is 8.35. The molecule has 0 amide bonds. The van der Waals surface area contributed by atoms with Crippen LogP contribution in [0.1, 0.15) is 40.0 Å². The third kappa shape index (κ3) is 1.72. The standard InChI is InChI=1S/C12H18/c1-4-9-12(3)10-7-6-8-11(12)5-2/h6,8,11H,5,7,10H2,1-3H3/t11-,12+/m0/s1. The van der Waals surface area contributed by atoms with Gasteiger partial charge in [-0.1, -0.05) is 25.0 Å². The fourth-order valence-corrected chi connectivity index (χ4v) is 2.07. The summed E-state index contributed by atoms with van der Waals surface area (Å²) in [6.45, 7) is 6.48. The predicted molar refractivity (Wildman–Crippen MR) is 53.7 cm³/mol. The molecule has 0 heteroatoms. The molecule has 0 radical (unpaired) electrons. The van der Waals surface area contributed by atoms with Gasteiger partial charge in [-0.05, 0) is 39.0 Å².